The van der Waals surface area contributed by atoms with E-state index in [0.717, 1.165) is 35.3 Å². The highest BCUT2D eigenvalue weighted by Gasteiger charge is 2.25. The summed E-state index contributed by atoms with van der Waals surface area (Å²) >= 11 is 3.57. The molecule has 2 heterocycles. The van der Waals surface area contributed by atoms with Crippen LogP contribution in [0.15, 0.2) is 53.0 Å². The van der Waals surface area contributed by atoms with E-state index in [0.29, 0.717) is 0 Å². The summed E-state index contributed by atoms with van der Waals surface area (Å²) in [6.07, 6.45) is 1.04. The molecule has 0 amide bonds. The molecule has 23 heavy (non-hydrogen) atoms. The molecule has 1 aliphatic heterocycles. The van der Waals surface area contributed by atoms with Gasteiger partial charge in [-0.3, -0.25) is 0 Å². The first-order valence-corrected chi connectivity index (χ1v) is 8.64. The second-order valence-electron chi connectivity index (χ2n) is 5.86. The third kappa shape index (κ3) is 2.57. The van der Waals surface area contributed by atoms with Crippen molar-refractivity contribution in [2.24, 2.45) is 0 Å². The average molecular weight is 368 g/mol. The van der Waals surface area contributed by atoms with Crippen LogP contribution in [0.1, 0.15) is 11.1 Å². The first kappa shape index (κ1) is 14.5. The molecule has 0 atom stereocenters. The Labute approximate surface area is 144 Å². The van der Waals surface area contributed by atoms with Crippen LogP contribution in [-0.4, -0.2) is 18.6 Å². The van der Waals surface area contributed by atoms with Gasteiger partial charge in [-0.2, -0.15) is 0 Å². The Bertz CT molecular complexity index is 861. The SMILES string of the molecule is CNc1c2c(nc3ccc(Br)cc13)N(Cc1ccccc1)CC2. The lowest BCUT2D eigenvalue weighted by Crippen LogP contribution is -2.20. The van der Waals surface area contributed by atoms with E-state index in [9.17, 15) is 0 Å². The van der Waals surface area contributed by atoms with Crippen LogP contribution in [-0.2, 0) is 13.0 Å². The third-order valence-corrected chi connectivity index (χ3v) is 4.92. The Morgan fingerprint density at radius 2 is 2.00 bits per heavy atom. The number of pyridine rings is 1. The van der Waals surface area contributed by atoms with Gasteiger partial charge >= 0.3 is 0 Å². The third-order valence-electron chi connectivity index (χ3n) is 4.42. The molecule has 4 heteroatoms. The molecule has 116 valence electrons. The lowest BCUT2D eigenvalue weighted by atomic mass is 10.1. The van der Waals surface area contributed by atoms with Gasteiger partial charge in [-0.05, 0) is 30.2 Å². The van der Waals surface area contributed by atoms with Crippen LogP contribution >= 0.6 is 15.9 Å². The molecule has 0 spiro atoms. The Hall–Kier alpha value is -2.07. The minimum absolute atomic E-state index is 0.909. The fourth-order valence-corrected chi connectivity index (χ4v) is 3.72. The number of nitrogens with zero attached hydrogens (tertiary/aromatic N) is 2. The lowest BCUT2D eigenvalue weighted by molar-refractivity contribution is 0.827. The molecule has 0 radical (unpaired) electrons. The van der Waals surface area contributed by atoms with E-state index in [4.69, 9.17) is 4.98 Å². The molecule has 1 N–H and O–H groups in total. The maximum atomic E-state index is 4.95. The van der Waals surface area contributed by atoms with Crippen molar-refractivity contribution >= 4 is 38.3 Å². The van der Waals surface area contributed by atoms with Gasteiger partial charge in [0.15, 0.2) is 0 Å². The van der Waals surface area contributed by atoms with Crippen LogP contribution in [0.25, 0.3) is 10.9 Å². The molecular weight excluding hydrogens is 350 g/mol. The quantitative estimate of drug-likeness (QED) is 0.732. The average Bonchev–Trinajstić information content (AvgIpc) is 2.96. The van der Waals surface area contributed by atoms with E-state index in [2.05, 4.69) is 74.7 Å². The zero-order valence-corrected chi connectivity index (χ0v) is 14.6. The van der Waals surface area contributed by atoms with Crippen molar-refractivity contribution in [2.45, 2.75) is 13.0 Å². The van der Waals surface area contributed by atoms with Crippen LogP contribution in [0.2, 0.25) is 0 Å². The molecule has 1 aromatic heterocycles. The van der Waals surface area contributed by atoms with Crippen LogP contribution in [0.3, 0.4) is 0 Å². The van der Waals surface area contributed by atoms with Gasteiger partial charge in [0.05, 0.1) is 11.2 Å². The molecule has 0 unspecified atom stereocenters. The summed E-state index contributed by atoms with van der Waals surface area (Å²) in [4.78, 5) is 7.33. The summed E-state index contributed by atoms with van der Waals surface area (Å²) < 4.78 is 1.09. The highest BCUT2D eigenvalue weighted by atomic mass is 79.9. The van der Waals surface area contributed by atoms with Crippen LogP contribution in [0.4, 0.5) is 11.5 Å². The maximum absolute atomic E-state index is 4.95. The fraction of sp³-hybridized carbons (Fsp3) is 0.211. The molecular formula is C19H18BrN3. The van der Waals surface area contributed by atoms with Crippen LogP contribution in [0, 0.1) is 0 Å². The van der Waals surface area contributed by atoms with E-state index in [1.165, 1.54) is 22.2 Å². The Kier molecular flexibility index (Phi) is 3.69. The predicted molar refractivity (Wildman–Crippen MR) is 100 cm³/mol. The Morgan fingerprint density at radius 1 is 1.17 bits per heavy atom. The number of rotatable bonds is 3. The van der Waals surface area contributed by atoms with Crippen LogP contribution < -0.4 is 10.2 Å². The standard InChI is InChI=1S/C19H18BrN3/c1-21-18-15-9-10-23(12-13-5-3-2-4-6-13)19(15)22-17-8-7-14(20)11-16(17)18/h2-8,11H,9-10,12H2,1H3,(H,21,22). The number of fused-ring (bicyclic) bond motifs is 2. The fourth-order valence-electron chi connectivity index (χ4n) is 3.36. The second kappa shape index (κ2) is 5.85. The van der Waals surface area contributed by atoms with Gasteiger partial charge in [0.25, 0.3) is 0 Å². The largest absolute Gasteiger partial charge is 0.387 e. The van der Waals surface area contributed by atoms with Crippen molar-refractivity contribution in [3.63, 3.8) is 0 Å². The molecule has 3 nitrogen and oxygen atoms in total. The molecule has 0 aliphatic carbocycles. The van der Waals surface area contributed by atoms with E-state index < -0.39 is 0 Å². The van der Waals surface area contributed by atoms with Gasteiger partial charge in [0.2, 0.25) is 0 Å². The normalized spacial score (nSPS) is 13.4. The number of benzene rings is 2. The van der Waals surface area contributed by atoms with Crippen molar-refractivity contribution in [1.82, 2.24) is 4.98 Å². The van der Waals surface area contributed by atoms with E-state index in [1.54, 1.807) is 0 Å². The molecule has 4 rings (SSSR count). The van der Waals surface area contributed by atoms with Gasteiger partial charge in [-0.1, -0.05) is 46.3 Å². The molecule has 0 fully saturated rings. The van der Waals surface area contributed by atoms with Crippen molar-refractivity contribution in [3.8, 4) is 0 Å². The second-order valence-corrected chi connectivity index (χ2v) is 6.77. The number of anilines is 2. The number of aromatic nitrogens is 1. The summed E-state index contributed by atoms with van der Waals surface area (Å²) in [7, 11) is 2.00. The van der Waals surface area contributed by atoms with E-state index in [-0.39, 0.29) is 0 Å². The molecule has 3 aromatic rings. The molecule has 2 aromatic carbocycles. The van der Waals surface area contributed by atoms with Gasteiger partial charge in [0, 0.05) is 35.6 Å². The molecule has 0 bridgehead atoms. The van der Waals surface area contributed by atoms with E-state index >= 15 is 0 Å². The van der Waals surface area contributed by atoms with Crippen molar-refractivity contribution in [3.05, 3.63) is 64.1 Å². The smallest absolute Gasteiger partial charge is 0.134 e. The summed E-state index contributed by atoms with van der Waals surface area (Å²) in [5.74, 6) is 1.12. The summed E-state index contributed by atoms with van der Waals surface area (Å²) in [6.45, 7) is 1.93. The topological polar surface area (TPSA) is 28.2 Å². The Morgan fingerprint density at radius 3 is 2.78 bits per heavy atom. The minimum Gasteiger partial charge on any atom is -0.387 e. The molecule has 0 saturated carbocycles. The van der Waals surface area contributed by atoms with E-state index in [1.807, 2.05) is 7.05 Å². The number of hydrogen-bond acceptors (Lipinski definition) is 3. The van der Waals surface area contributed by atoms with Crippen molar-refractivity contribution in [1.29, 1.82) is 0 Å². The lowest BCUT2D eigenvalue weighted by Gasteiger charge is -2.20. The zero-order valence-electron chi connectivity index (χ0n) is 13.0. The van der Waals surface area contributed by atoms with Crippen molar-refractivity contribution < 1.29 is 0 Å². The van der Waals surface area contributed by atoms with Gasteiger partial charge in [-0.15, -0.1) is 0 Å². The van der Waals surface area contributed by atoms with Gasteiger partial charge < -0.3 is 10.2 Å². The highest BCUT2D eigenvalue weighted by Crippen LogP contribution is 2.38. The van der Waals surface area contributed by atoms with Gasteiger partial charge in [-0.25, -0.2) is 4.98 Å². The number of halogens is 1. The molecule has 1 aliphatic rings. The monoisotopic (exact) mass is 367 g/mol. The van der Waals surface area contributed by atoms with Crippen molar-refractivity contribution in [2.75, 3.05) is 23.8 Å². The number of nitrogens with one attached hydrogen (secondary N) is 1. The summed E-state index contributed by atoms with van der Waals surface area (Å²) in [5.41, 5.74) is 4.90. The minimum atomic E-state index is 0.909. The maximum Gasteiger partial charge on any atom is 0.134 e. The first-order chi connectivity index (χ1) is 11.3. The van der Waals surface area contributed by atoms with Crippen LogP contribution in [0.5, 0.6) is 0 Å². The van der Waals surface area contributed by atoms with Gasteiger partial charge in [0.1, 0.15) is 5.82 Å². The molecule has 0 saturated heterocycles. The summed E-state index contributed by atoms with van der Waals surface area (Å²) in [6, 6.07) is 16.9. The zero-order chi connectivity index (χ0) is 15.8. The first-order valence-electron chi connectivity index (χ1n) is 7.85. The number of hydrogen-bond donors (Lipinski definition) is 1. The Balaban J connectivity index is 1.81. The summed E-state index contributed by atoms with van der Waals surface area (Å²) in [5, 5.41) is 4.58. The highest BCUT2D eigenvalue weighted by molar-refractivity contribution is 9.10. The predicted octanol–water partition coefficient (Wildman–Crippen LogP) is 4.60.